The number of rotatable bonds is 6. The molecule has 3 aromatic rings. The first-order valence-corrected chi connectivity index (χ1v) is 11.4. The number of hydrogen-bond donors (Lipinski definition) is 0. The average molecular weight is 459 g/mol. The second kappa shape index (κ2) is 9.93. The van der Waals surface area contributed by atoms with Crippen molar-refractivity contribution in [3.05, 3.63) is 82.7 Å². The fourth-order valence-corrected chi connectivity index (χ4v) is 4.08. The maximum atomic E-state index is 12.9. The van der Waals surface area contributed by atoms with Crippen molar-refractivity contribution in [2.45, 2.75) is 6.54 Å². The number of hydrogen-bond acceptors (Lipinski definition) is 6. The van der Waals surface area contributed by atoms with Crippen LogP contribution in [-0.2, 0) is 11.3 Å². The molecule has 0 atom stereocenters. The van der Waals surface area contributed by atoms with Gasteiger partial charge in [-0.15, -0.1) is 0 Å². The summed E-state index contributed by atoms with van der Waals surface area (Å²) in [5.41, 5.74) is 2.27. The molecule has 2 aliphatic rings. The maximum absolute atomic E-state index is 12.9. The van der Waals surface area contributed by atoms with Gasteiger partial charge in [-0.1, -0.05) is 42.5 Å². The van der Waals surface area contributed by atoms with E-state index in [9.17, 15) is 9.59 Å². The number of ether oxygens (including phenoxy) is 2. The summed E-state index contributed by atoms with van der Waals surface area (Å²) in [6.07, 6.45) is 4.26. The van der Waals surface area contributed by atoms with Crippen molar-refractivity contribution in [1.82, 2.24) is 19.6 Å². The van der Waals surface area contributed by atoms with Crippen LogP contribution in [0.2, 0.25) is 0 Å². The summed E-state index contributed by atoms with van der Waals surface area (Å²) in [6, 6.07) is 18.8. The van der Waals surface area contributed by atoms with Crippen molar-refractivity contribution in [3.63, 3.8) is 0 Å². The van der Waals surface area contributed by atoms with Gasteiger partial charge in [0.1, 0.15) is 6.54 Å². The van der Waals surface area contributed by atoms with Gasteiger partial charge < -0.3 is 14.4 Å². The summed E-state index contributed by atoms with van der Waals surface area (Å²) >= 11 is 0. The van der Waals surface area contributed by atoms with Crippen LogP contribution in [0.25, 0.3) is 17.3 Å². The highest BCUT2D eigenvalue weighted by atomic mass is 16.7. The highest BCUT2D eigenvalue weighted by Crippen LogP contribution is 2.35. The van der Waals surface area contributed by atoms with Gasteiger partial charge in [-0.2, -0.15) is 5.10 Å². The molecule has 0 bridgehead atoms. The largest absolute Gasteiger partial charge is 0.454 e. The molecule has 0 radical (unpaired) electrons. The van der Waals surface area contributed by atoms with E-state index >= 15 is 0 Å². The van der Waals surface area contributed by atoms with E-state index in [-0.39, 0.29) is 24.8 Å². The number of nitrogens with zero attached hydrogens (tertiary/aromatic N) is 4. The molecule has 1 amide bonds. The Hall–Kier alpha value is -3.91. The van der Waals surface area contributed by atoms with Crippen LogP contribution >= 0.6 is 0 Å². The van der Waals surface area contributed by atoms with Crippen molar-refractivity contribution in [2.75, 3.05) is 39.5 Å². The average Bonchev–Trinajstić information content (AvgIpc) is 3.34. The second-order valence-corrected chi connectivity index (χ2v) is 8.28. The molecule has 0 aliphatic carbocycles. The lowest BCUT2D eigenvalue weighted by Crippen LogP contribution is -2.50. The monoisotopic (exact) mass is 458 g/mol. The Morgan fingerprint density at radius 3 is 2.56 bits per heavy atom. The number of fused-ring (bicyclic) bond motifs is 1. The minimum atomic E-state index is -0.303. The molecule has 174 valence electrons. The van der Waals surface area contributed by atoms with E-state index in [2.05, 4.69) is 34.3 Å². The lowest BCUT2D eigenvalue weighted by atomic mass is 10.1. The van der Waals surface area contributed by atoms with E-state index in [4.69, 9.17) is 9.47 Å². The van der Waals surface area contributed by atoms with Gasteiger partial charge in [0.25, 0.3) is 5.56 Å². The topological polar surface area (TPSA) is 76.9 Å². The molecule has 1 aromatic heterocycles. The number of benzene rings is 2. The van der Waals surface area contributed by atoms with E-state index in [1.807, 2.05) is 36.4 Å². The van der Waals surface area contributed by atoms with Crippen molar-refractivity contribution >= 4 is 12.0 Å². The third kappa shape index (κ3) is 5.02. The van der Waals surface area contributed by atoms with Gasteiger partial charge in [0, 0.05) is 44.4 Å². The zero-order valence-electron chi connectivity index (χ0n) is 18.8. The van der Waals surface area contributed by atoms with Crippen LogP contribution in [0.15, 0.2) is 71.5 Å². The Morgan fingerprint density at radius 2 is 1.74 bits per heavy atom. The Bertz CT molecular complexity index is 1250. The van der Waals surface area contributed by atoms with Gasteiger partial charge in [-0.25, -0.2) is 4.68 Å². The summed E-state index contributed by atoms with van der Waals surface area (Å²) in [5.74, 6) is 1.23. The van der Waals surface area contributed by atoms with Crippen LogP contribution in [0.5, 0.6) is 11.5 Å². The first-order valence-electron chi connectivity index (χ1n) is 11.4. The van der Waals surface area contributed by atoms with Gasteiger partial charge in [0.2, 0.25) is 12.7 Å². The molecule has 2 aliphatic heterocycles. The molecular formula is C26H26N4O4. The fraction of sp³-hybridized carbons (Fsp3) is 0.269. The molecule has 0 saturated carbocycles. The lowest BCUT2D eigenvalue weighted by molar-refractivity contribution is -0.133. The smallest absolute Gasteiger partial charge is 0.267 e. The minimum Gasteiger partial charge on any atom is -0.454 e. The third-order valence-electron chi connectivity index (χ3n) is 6.02. The number of aromatic nitrogens is 2. The van der Waals surface area contributed by atoms with Crippen LogP contribution in [0.4, 0.5) is 0 Å². The summed E-state index contributed by atoms with van der Waals surface area (Å²) < 4.78 is 12.0. The number of carbonyl (C=O) groups is 1. The predicted octanol–water partition coefficient (Wildman–Crippen LogP) is 2.50. The lowest BCUT2D eigenvalue weighted by Gasteiger charge is -2.34. The van der Waals surface area contributed by atoms with Crippen LogP contribution in [0, 0.1) is 0 Å². The third-order valence-corrected chi connectivity index (χ3v) is 6.02. The van der Waals surface area contributed by atoms with E-state index in [0.717, 1.165) is 25.2 Å². The Morgan fingerprint density at radius 1 is 0.941 bits per heavy atom. The molecule has 0 spiro atoms. The number of piperazine rings is 1. The van der Waals surface area contributed by atoms with Gasteiger partial charge in [0.05, 0.1) is 5.69 Å². The van der Waals surface area contributed by atoms with E-state index in [0.29, 0.717) is 30.3 Å². The molecule has 8 nitrogen and oxygen atoms in total. The maximum Gasteiger partial charge on any atom is 0.267 e. The first kappa shape index (κ1) is 21.9. The zero-order chi connectivity index (χ0) is 23.3. The van der Waals surface area contributed by atoms with Crippen molar-refractivity contribution < 1.29 is 14.3 Å². The van der Waals surface area contributed by atoms with Crippen LogP contribution in [-0.4, -0.2) is 65.0 Å². The summed E-state index contributed by atoms with van der Waals surface area (Å²) in [6.45, 7) is 3.82. The molecule has 34 heavy (non-hydrogen) atoms. The highest BCUT2D eigenvalue weighted by molar-refractivity contribution is 5.76. The van der Waals surface area contributed by atoms with Crippen LogP contribution in [0.1, 0.15) is 5.56 Å². The fourth-order valence-electron chi connectivity index (χ4n) is 4.08. The quantitative estimate of drug-likeness (QED) is 0.565. The standard InChI is InChI=1S/C26H26N4O4/c31-25-11-9-22(21-8-10-23-24(17-21)34-19-33-23)27-30(25)18-26(32)29-15-13-28(14-16-29)12-4-7-20-5-2-1-3-6-20/h1-11,17H,12-16,18-19H2/b7-4+. The van der Waals surface area contributed by atoms with Gasteiger partial charge in [-0.3, -0.25) is 14.5 Å². The summed E-state index contributed by atoms with van der Waals surface area (Å²) in [7, 11) is 0. The second-order valence-electron chi connectivity index (χ2n) is 8.28. The molecule has 5 rings (SSSR count). The Kier molecular flexibility index (Phi) is 6.40. The molecule has 1 saturated heterocycles. The zero-order valence-corrected chi connectivity index (χ0v) is 18.8. The van der Waals surface area contributed by atoms with Gasteiger partial charge >= 0.3 is 0 Å². The Labute approximate surface area is 197 Å². The molecule has 1 fully saturated rings. The first-order chi connectivity index (χ1) is 16.7. The molecule has 2 aromatic carbocycles. The summed E-state index contributed by atoms with van der Waals surface area (Å²) in [5, 5.41) is 4.43. The van der Waals surface area contributed by atoms with E-state index < -0.39 is 0 Å². The Balaban J connectivity index is 1.18. The number of amides is 1. The molecule has 0 unspecified atom stereocenters. The van der Waals surface area contributed by atoms with Gasteiger partial charge in [-0.05, 0) is 29.8 Å². The predicted molar refractivity (Wildman–Crippen MR) is 129 cm³/mol. The molecule has 0 N–H and O–H groups in total. The van der Waals surface area contributed by atoms with Crippen LogP contribution < -0.4 is 15.0 Å². The normalized spacial score (nSPS) is 15.7. The van der Waals surface area contributed by atoms with E-state index in [1.54, 1.807) is 11.0 Å². The van der Waals surface area contributed by atoms with Crippen molar-refractivity contribution in [2.24, 2.45) is 0 Å². The molecule has 3 heterocycles. The highest BCUT2D eigenvalue weighted by Gasteiger charge is 2.21. The minimum absolute atomic E-state index is 0.0782. The van der Waals surface area contributed by atoms with Gasteiger partial charge in [0.15, 0.2) is 11.5 Å². The SMILES string of the molecule is O=C(Cn1nc(-c2ccc3c(c2)OCO3)ccc1=O)N1CCN(C/C=C/c2ccccc2)CC1. The molecular weight excluding hydrogens is 432 g/mol. The summed E-state index contributed by atoms with van der Waals surface area (Å²) in [4.78, 5) is 29.4. The molecule has 8 heteroatoms. The van der Waals surface area contributed by atoms with E-state index in [1.165, 1.54) is 16.3 Å². The van der Waals surface area contributed by atoms with Crippen LogP contribution in [0.3, 0.4) is 0 Å². The number of carbonyl (C=O) groups excluding carboxylic acids is 1. The van der Waals surface area contributed by atoms with Crippen molar-refractivity contribution in [1.29, 1.82) is 0 Å². The van der Waals surface area contributed by atoms with Crippen molar-refractivity contribution in [3.8, 4) is 22.8 Å².